The third-order valence-electron chi connectivity index (χ3n) is 4.19. The fourth-order valence-electron chi connectivity index (χ4n) is 3.17. The summed E-state index contributed by atoms with van der Waals surface area (Å²) >= 11 is 0. The van der Waals surface area contributed by atoms with Crippen molar-refractivity contribution < 1.29 is 0 Å². The Kier molecular flexibility index (Phi) is 3.79. The van der Waals surface area contributed by atoms with Gasteiger partial charge in [0.1, 0.15) is 5.82 Å². The third kappa shape index (κ3) is 2.73. The first-order valence-corrected chi connectivity index (χ1v) is 7.85. The van der Waals surface area contributed by atoms with E-state index < -0.39 is 0 Å². The molecule has 0 aliphatic heterocycles. The van der Waals surface area contributed by atoms with Crippen molar-refractivity contribution in [3.05, 3.63) is 30.1 Å². The number of aromatic nitrogens is 2. The van der Waals surface area contributed by atoms with Gasteiger partial charge in [-0.25, -0.2) is 4.98 Å². The molecule has 1 fully saturated rings. The van der Waals surface area contributed by atoms with Gasteiger partial charge in [-0.15, -0.1) is 0 Å². The second-order valence-corrected chi connectivity index (χ2v) is 6.55. The van der Waals surface area contributed by atoms with Gasteiger partial charge in [0.05, 0.1) is 11.0 Å². The van der Waals surface area contributed by atoms with Crippen LogP contribution in [-0.4, -0.2) is 16.1 Å². The van der Waals surface area contributed by atoms with Crippen molar-refractivity contribution in [3.63, 3.8) is 0 Å². The van der Waals surface area contributed by atoms with Crippen LogP contribution in [-0.2, 0) is 6.42 Å². The number of hydrogen-bond donors (Lipinski definition) is 1. The standard InChI is InChI=1S/C17H25N3/c1-12(2)9-13(11-18)10-17-19-15-5-3-4-6-16(15)20(17)14-7-8-14/h3-6,12-14H,7-11,18H2,1-2H3. The van der Waals surface area contributed by atoms with Crippen molar-refractivity contribution >= 4 is 11.0 Å². The molecule has 1 saturated carbocycles. The molecule has 3 nitrogen and oxygen atoms in total. The topological polar surface area (TPSA) is 43.8 Å². The van der Waals surface area contributed by atoms with Crippen LogP contribution in [0.1, 0.15) is 45.0 Å². The Balaban J connectivity index is 1.92. The van der Waals surface area contributed by atoms with Crippen LogP contribution in [0.5, 0.6) is 0 Å². The first-order chi connectivity index (χ1) is 9.69. The molecule has 0 amide bonds. The van der Waals surface area contributed by atoms with E-state index in [1.54, 1.807) is 0 Å². The molecule has 2 aromatic rings. The molecule has 3 heteroatoms. The van der Waals surface area contributed by atoms with Gasteiger partial charge in [0, 0.05) is 12.5 Å². The van der Waals surface area contributed by atoms with Gasteiger partial charge < -0.3 is 10.3 Å². The molecular weight excluding hydrogens is 246 g/mol. The molecule has 0 bridgehead atoms. The first kappa shape index (κ1) is 13.6. The van der Waals surface area contributed by atoms with Gasteiger partial charge in [0.25, 0.3) is 0 Å². The van der Waals surface area contributed by atoms with Crippen molar-refractivity contribution in [3.8, 4) is 0 Å². The van der Waals surface area contributed by atoms with E-state index in [1.165, 1.54) is 30.6 Å². The van der Waals surface area contributed by atoms with Crippen molar-refractivity contribution in [2.24, 2.45) is 17.6 Å². The lowest BCUT2D eigenvalue weighted by molar-refractivity contribution is 0.403. The maximum atomic E-state index is 5.97. The minimum Gasteiger partial charge on any atom is -0.330 e. The quantitative estimate of drug-likeness (QED) is 0.873. The third-order valence-corrected chi connectivity index (χ3v) is 4.19. The van der Waals surface area contributed by atoms with Gasteiger partial charge in [0.2, 0.25) is 0 Å². The lowest BCUT2D eigenvalue weighted by Gasteiger charge is -2.17. The van der Waals surface area contributed by atoms with Crippen LogP contribution in [0.4, 0.5) is 0 Å². The predicted molar refractivity (Wildman–Crippen MR) is 83.7 cm³/mol. The average molecular weight is 271 g/mol. The van der Waals surface area contributed by atoms with Gasteiger partial charge in [0.15, 0.2) is 0 Å². The summed E-state index contributed by atoms with van der Waals surface area (Å²) in [6.07, 6.45) is 4.79. The second-order valence-electron chi connectivity index (χ2n) is 6.55. The highest BCUT2D eigenvalue weighted by Gasteiger charge is 2.28. The number of hydrogen-bond acceptors (Lipinski definition) is 2. The van der Waals surface area contributed by atoms with E-state index >= 15 is 0 Å². The van der Waals surface area contributed by atoms with Crippen molar-refractivity contribution in [2.45, 2.75) is 45.6 Å². The summed E-state index contributed by atoms with van der Waals surface area (Å²) in [4.78, 5) is 4.88. The molecule has 108 valence electrons. The number of benzene rings is 1. The van der Waals surface area contributed by atoms with Gasteiger partial charge in [-0.3, -0.25) is 0 Å². The number of rotatable bonds is 6. The van der Waals surface area contributed by atoms with Crippen LogP contribution in [0.2, 0.25) is 0 Å². The van der Waals surface area contributed by atoms with E-state index in [2.05, 4.69) is 42.7 Å². The molecule has 1 aliphatic rings. The molecule has 1 aromatic heterocycles. The van der Waals surface area contributed by atoms with Crippen LogP contribution in [0.15, 0.2) is 24.3 Å². The van der Waals surface area contributed by atoms with Gasteiger partial charge in [-0.2, -0.15) is 0 Å². The van der Waals surface area contributed by atoms with Crippen LogP contribution < -0.4 is 5.73 Å². The molecular formula is C17H25N3. The Bertz CT molecular complexity index is 581. The van der Waals surface area contributed by atoms with E-state index in [0.717, 1.165) is 18.5 Å². The number of fused-ring (bicyclic) bond motifs is 1. The molecule has 20 heavy (non-hydrogen) atoms. The number of imidazole rings is 1. The van der Waals surface area contributed by atoms with E-state index in [1.807, 2.05) is 0 Å². The Morgan fingerprint density at radius 1 is 1.30 bits per heavy atom. The number of para-hydroxylation sites is 2. The fraction of sp³-hybridized carbons (Fsp3) is 0.588. The molecule has 1 atom stereocenters. The largest absolute Gasteiger partial charge is 0.330 e. The average Bonchev–Trinajstić information content (AvgIpc) is 3.19. The molecule has 3 rings (SSSR count). The minimum absolute atomic E-state index is 0.546. The van der Waals surface area contributed by atoms with Gasteiger partial charge >= 0.3 is 0 Å². The summed E-state index contributed by atoms with van der Waals surface area (Å²) in [6, 6.07) is 9.18. The highest BCUT2D eigenvalue weighted by atomic mass is 15.1. The van der Waals surface area contributed by atoms with Crippen molar-refractivity contribution in [2.75, 3.05) is 6.54 Å². The molecule has 1 heterocycles. The van der Waals surface area contributed by atoms with Crippen molar-refractivity contribution in [1.29, 1.82) is 0 Å². The van der Waals surface area contributed by atoms with E-state index in [4.69, 9.17) is 10.7 Å². The second kappa shape index (κ2) is 5.57. The summed E-state index contributed by atoms with van der Waals surface area (Å²) < 4.78 is 2.47. The highest BCUT2D eigenvalue weighted by Crippen LogP contribution is 2.39. The maximum Gasteiger partial charge on any atom is 0.110 e. The number of nitrogens with two attached hydrogens (primary N) is 1. The highest BCUT2D eigenvalue weighted by molar-refractivity contribution is 5.76. The SMILES string of the molecule is CC(C)CC(CN)Cc1nc2ccccc2n1C1CC1. The molecule has 1 unspecified atom stereocenters. The monoisotopic (exact) mass is 271 g/mol. The predicted octanol–water partition coefficient (Wildman–Crippen LogP) is 3.53. The van der Waals surface area contributed by atoms with E-state index in [0.29, 0.717) is 17.9 Å². The Morgan fingerprint density at radius 3 is 2.70 bits per heavy atom. The maximum absolute atomic E-state index is 5.97. The molecule has 2 N–H and O–H groups in total. The van der Waals surface area contributed by atoms with E-state index in [-0.39, 0.29) is 0 Å². The van der Waals surface area contributed by atoms with Crippen LogP contribution in [0.3, 0.4) is 0 Å². The molecule has 1 aromatic carbocycles. The van der Waals surface area contributed by atoms with Gasteiger partial charge in [-0.1, -0.05) is 26.0 Å². The number of nitrogens with zero attached hydrogens (tertiary/aromatic N) is 2. The summed E-state index contributed by atoms with van der Waals surface area (Å²) in [5.74, 6) is 2.48. The lowest BCUT2D eigenvalue weighted by Crippen LogP contribution is -2.20. The molecule has 0 spiro atoms. The van der Waals surface area contributed by atoms with Crippen LogP contribution in [0, 0.1) is 11.8 Å². The van der Waals surface area contributed by atoms with Crippen molar-refractivity contribution in [1.82, 2.24) is 9.55 Å². The van der Waals surface area contributed by atoms with Crippen LogP contribution >= 0.6 is 0 Å². The smallest absolute Gasteiger partial charge is 0.110 e. The van der Waals surface area contributed by atoms with Gasteiger partial charge in [-0.05, 0) is 49.8 Å². The zero-order chi connectivity index (χ0) is 14.1. The normalized spacial score (nSPS) is 17.0. The lowest BCUT2D eigenvalue weighted by atomic mass is 9.94. The Hall–Kier alpha value is -1.35. The molecule has 0 saturated heterocycles. The zero-order valence-corrected chi connectivity index (χ0v) is 12.5. The summed E-state index contributed by atoms with van der Waals surface area (Å²) in [7, 11) is 0. The zero-order valence-electron chi connectivity index (χ0n) is 12.5. The summed E-state index contributed by atoms with van der Waals surface area (Å²) in [6.45, 7) is 5.30. The molecule has 0 radical (unpaired) electrons. The Morgan fingerprint density at radius 2 is 2.05 bits per heavy atom. The molecule has 1 aliphatic carbocycles. The summed E-state index contributed by atoms with van der Waals surface area (Å²) in [5, 5.41) is 0. The van der Waals surface area contributed by atoms with Crippen LogP contribution in [0.25, 0.3) is 11.0 Å². The summed E-state index contributed by atoms with van der Waals surface area (Å²) in [5.41, 5.74) is 8.40. The fourth-order valence-corrected chi connectivity index (χ4v) is 3.17. The Labute approximate surface area is 121 Å². The first-order valence-electron chi connectivity index (χ1n) is 7.85. The van der Waals surface area contributed by atoms with E-state index in [9.17, 15) is 0 Å². The minimum atomic E-state index is 0.546.